The van der Waals surface area contributed by atoms with E-state index in [2.05, 4.69) is 10.3 Å². The molecule has 0 radical (unpaired) electrons. The van der Waals surface area contributed by atoms with Gasteiger partial charge in [0.15, 0.2) is 9.84 Å². The molecule has 182 valence electrons. The minimum absolute atomic E-state index is 0.00649. The number of aromatic nitrogens is 2. The smallest absolute Gasteiger partial charge is 0.307 e. The molecule has 2 heterocycles. The fourth-order valence-electron chi connectivity index (χ4n) is 3.12. The average Bonchev–Trinajstić information content (AvgIpc) is 3.21. The molecular weight excluding hydrogens is 540 g/mol. The molecule has 35 heavy (non-hydrogen) atoms. The van der Waals surface area contributed by atoms with Crippen molar-refractivity contribution in [3.05, 3.63) is 79.8 Å². The van der Waals surface area contributed by atoms with Gasteiger partial charge >= 0.3 is 11.7 Å². The Morgan fingerprint density at radius 2 is 1.69 bits per heavy atom. The van der Waals surface area contributed by atoms with E-state index in [1.165, 1.54) is 54.6 Å². The number of urea groups is 1. The van der Waals surface area contributed by atoms with Crippen molar-refractivity contribution >= 4 is 65.4 Å². The van der Waals surface area contributed by atoms with Crippen molar-refractivity contribution in [2.75, 3.05) is 11.6 Å². The van der Waals surface area contributed by atoms with Gasteiger partial charge in [-0.2, -0.15) is 0 Å². The van der Waals surface area contributed by atoms with Crippen LogP contribution in [0.1, 0.15) is 0 Å². The Kier molecular flexibility index (Phi) is 6.31. The summed E-state index contributed by atoms with van der Waals surface area (Å²) in [5.74, 6) is 0. The van der Waals surface area contributed by atoms with E-state index < -0.39 is 37.1 Å². The zero-order valence-corrected chi connectivity index (χ0v) is 20.8. The summed E-state index contributed by atoms with van der Waals surface area (Å²) in [5, 5.41) is 2.33. The van der Waals surface area contributed by atoms with Crippen LogP contribution in [-0.2, 0) is 19.9 Å². The van der Waals surface area contributed by atoms with E-state index in [9.17, 15) is 31.2 Å². The fourth-order valence-corrected chi connectivity index (χ4v) is 6.16. The lowest BCUT2D eigenvalue weighted by Gasteiger charge is -2.10. The third kappa shape index (κ3) is 5.14. The summed E-state index contributed by atoms with van der Waals surface area (Å²) in [5.41, 5.74) is -1.01. The Hall–Kier alpha value is -3.46. The molecule has 4 aromatic rings. The lowest BCUT2D eigenvalue weighted by Crippen LogP contribution is -2.34. The highest BCUT2D eigenvalue weighted by molar-refractivity contribution is 7.92. The van der Waals surface area contributed by atoms with Gasteiger partial charge in [0.2, 0.25) is 0 Å². The maximum atomic E-state index is 13.0. The fraction of sp³-hybridized carbons (Fsp3) is 0.0500. The van der Waals surface area contributed by atoms with Crippen molar-refractivity contribution in [3.8, 4) is 5.69 Å². The van der Waals surface area contributed by atoms with Crippen LogP contribution < -0.4 is 21.3 Å². The molecule has 0 saturated carbocycles. The molecule has 2 aromatic carbocycles. The summed E-state index contributed by atoms with van der Waals surface area (Å²) < 4.78 is 50.9. The number of hydrogen-bond donors (Lipinski definition) is 3. The minimum Gasteiger partial charge on any atom is -0.307 e. The van der Waals surface area contributed by atoms with Gasteiger partial charge in [0.05, 0.1) is 25.8 Å². The molecule has 0 saturated heterocycles. The second-order valence-electron chi connectivity index (χ2n) is 7.22. The number of halogens is 1. The number of hydrogen-bond acceptors (Lipinski definition) is 8. The summed E-state index contributed by atoms with van der Waals surface area (Å²) in [6.07, 6.45) is 1.00. The predicted octanol–water partition coefficient (Wildman–Crippen LogP) is 2.31. The standard InChI is InChI=1S/C20H15ClN4O7S3/c1-34(29,30)13-6-7-15-14(10-13)18(26)25(20(28)23-15)12-4-2-11(3-5-12)22-19(27)24-35(31,32)17-9-8-16(21)33-17/h2-10H,1H3,(H,23,28)(H2,22,24,27). The highest BCUT2D eigenvalue weighted by atomic mass is 35.5. The number of rotatable bonds is 5. The summed E-state index contributed by atoms with van der Waals surface area (Å²) >= 11 is 6.52. The molecule has 3 N–H and O–H groups in total. The van der Waals surface area contributed by atoms with Crippen molar-refractivity contribution in [1.29, 1.82) is 0 Å². The molecule has 0 spiro atoms. The Bertz CT molecular complexity index is 1810. The van der Waals surface area contributed by atoms with Crippen LogP contribution in [0.3, 0.4) is 0 Å². The lowest BCUT2D eigenvalue weighted by molar-refractivity contribution is 0.256. The highest BCUT2D eigenvalue weighted by Crippen LogP contribution is 2.25. The molecule has 11 nitrogen and oxygen atoms in total. The van der Waals surface area contributed by atoms with Crippen LogP contribution in [0.5, 0.6) is 0 Å². The minimum atomic E-state index is -4.12. The number of benzene rings is 2. The second-order valence-corrected chi connectivity index (χ2v) is 12.9. The maximum absolute atomic E-state index is 13.0. The summed E-state index contributed by atoms with van der Waals surface area (Å²) in [6.45, 7) is 0. The van der Waals surface area contributed by atoms with E-state index in [1.54, 1.807) is 0 Å². The SMILES string of the molecule is CS(=O)(=O)c1ccc2[nH]c(=O)n(-c3ccc(NC(=O)NS(=O)(=O)c4ccc(Cl)s4)cc3)c(=O)c2c1. The van der Waals surface area contributed by atoms with Crippen molar-refractivity contribution in [1.82, 2.24) is 14.3 Å². The number of thiophene rings is 1. The van der Waals surface area contributed by atoms with E-state index in [0.29, 0.717) is 0 Å². The van der Waals surface area contributed by atoms with Crippen LogP contribution in [0, 0.1) is 0 Å². The van der Waals surface area contributed by atoms with E-state index in [0.717, 1.165) is 22.2 Å². The molecule has 0 aliphatic heterocycles. The van der Waals surface area contributed by atoms with Crippen molar-refractivity contribution in [2.45, 2.75) is 9.10 Å². The molecule has 0 atom stereocenters. The van der Waals surface area contributed by atoms with Gasteiger partial charge in [-0.05, 0) is 54.6 Å². The van der Waals surface area contributed by atoms with Gasteiger partial charge < -0.3 is 10.3 Å². The molecule has 2 aromatic heterocycles. The van der Waals surface area contributed by atoms with Crippen LogP contribution in [0.25, 0.3) is 16.6 Å². The number of anilines is 1. The third-order valence-corrected chi connectivity index (χ3v) is 8.89. The zero-order chi connectivity index (χ0) is 25.5. The molecule has 2 amide bonds. The van der Waals surface area contributed by atoms with E-state index in [4.69, 9.17) is 11.6 Å². The van der Waals surface area contributed by atoms with Gasteiger partial charge in [-0.25, -0.2) is 35.7 Å². The highest BCUT2D eigenvalue weighted by Gasteiger charge is 2.20. The number of nitrogens with zero attached hydrogens (tertiary/aromatic N) is 1. The monoisotopic (exact) mass is 554 g/mol. The largest absolute Gasteiger partial charge is 0.333 e. The van der Waals surface area contributed by atoms with Gasteiger partial charge in [-0.15, -0.1) is 11.3 Å². The first-order valence-corrected chi connectivity index (χ1v) is 14.1. The number of amides is 2. The number of H-pyrrole nitrogens is 1. The Balaban J connectivity index is 1.61. The molecule has 4 rings (SSSR count). The van der Waals surface area contributed by atoms with Crippen molar-refractivity contribution in [3.63, 3.8) is 0 Å². The molecule has 0 aliphatic carbocycles. The third-order valence-electron chi connectivity index (χ3n) is 4.72. The second kappa shape index (κ2) is 8.96. The van der Waals surface area contributed by atoms with E-state index in [-0.39, 0.29) is 35.7 Å². The number of carbonyl (C=O) groups is 1. The Labute approximate surface area is 207 Å². The van der Waals surface area contributed by atoms with Crippen molar-refractivity contribution in [2.24, 2.45) is 0 Å². The van der Waals surface area contributed by atoms with Crippen LogP contribution in [-0.4, -0.2) is 38.7 Å². The van der Waals surface area contributed by atoms with Crippen LogP contribution in [0.15, 0.2) is 73.3 Å². The van der Waals surface area contributed by atoms with E-state index in [1.807, 2.05) is 4.72 Å². The number of fused-ring (bicyclic) bond motifs is 1. The van der Waals surface area contributed by atoms with Gasteiger partial charge in [-0.1, -0.05) is 11.6 Å². The van der Waals surface area contributed by atoms with Crippen LogP contribution in [0.2, 0.25) is 4.34 Å². The Morgan fingerprint density at radius 3 is 2.29 bits per heavy atom. The first-order chi connectivity index (χ1) is 16.3. The number of carbonyl (C=O) groups excluding carboxylic acids is 1. The predicted molar refractivity (Wildman–Crippen MR) is 132 cm³/mol. The normalized spacial score (nSPS) is 11.9. The number of sulfonamides is 1. The van der Waals surface area contributed by atoms with Gasteiger partial charge in [0.1, 0.15) is 4.21 Å². The Morgan fingerprint density at radius 1 is 1.00 bits per heavy atom. The summed E-state index contributed by atoms with van der Waals surface area (Å²) in [6, 6.07) is 10.8. The molecule has 0 bridgehead atoms. The lowest BCUT2D eigenvalue weighted by atomic mass is 10.2. The van der Waals surface area contributed by atoms with Gasteiger partial charge in [0.25, 0.3) is 15.6 Å². The van der Waals surface area contributed by atoms with Crippen molar-refractivity contribution < 1.29 is 21.6 Å². The average molecular weight is 555 g/mol. The van der Waals surface area contributed by atoms with Crippen LogP contribution >= 0.6 is 22.9 Å². The zero-order valence-electron chi connectivity index (χ0n) is 17.6. The molecule has 0 fully saturated rings. The first-order valence-electron chi connectivity index (χ1n) is 9.54. The summed E-state index contributed by atoms with van der Waals surface area (Å²) in [7, 11) is -7.70. The molecule has 0 unspecified atom stereocenters. The van der Waals surface area contributed by atoms with E-state index >= 15 is 0 Å². The van der Waals surface area contributed by atoms with Crippen LogP contribution in [0.4, 0.5) is 10.5 Å². The topological polar surface area (TPSA) is 164 Å². The first kappa shape index (κ1) is 24.7. The molecule has 15 heteroatoms. The number of sulfone groups is 1. The molecular formula is C20H15ClN4O7S3. The number of nitrogens with one attached hydrogen (secondary N) is 3. The number of aromatic amines is 1. The maximum Gasteiger partial charge on any atom is 0.333 e. The van der Waals surface area contributed by atoms with Gasteiger partial charge in [0, 0.05) is 11.9 Å². The quantitative estimate of drug-likeness (QED) is 0.340. The molecule has 0 aliphatic rings. The summed E-state index contributed by atoms with van der Waals surface area (Å²) in [4.78, 5) is 40.1. The van der Waals surface area contributed by atoms with Gasteiger partial charge in [-0.3, -0.25) is 4.79 Å².